The van der Waals surface area contributed by atoms with Gasteiger partial charge >= 0.3 is 0 Å². The molecule has 0 spiro atoms. The lowest BCUT2D eigenvalue weighted by molar-refractivity contribution is 0.0950. The molecule has 3 aromatic rings. The number of amides is 1. The first-order chi connectivity index (χ1) is 19.3. The molecule has 2 unspecified atom stereocenters. The van der Waals surface area contributed by atoms with Crippen molar-refractivity contribution in [1.82, 2.24) is 20.5 Å². The van der Waals surface area contributed by atoms with E-state index in [-0.39, 0.29) is 30.1 Å². The zero-order valence-corrected chi connectivity index (χ0v) is 23.2. The SMILES string of the molecule is CS(=O)c1cc(OCC(O)CNC2CCN(Cc3ccc(C(=O)NCc4ccc(F)cc4)cn3)CC2)ccc1O. The average Bonchev–Trinajstić information content (AvgIpc) is 2.96. The molecule has 4 rings (SSSR count). The Kier molecular flexibility index (Phi) is 10.6. The fourth-order valence-corrected chi connectivity index (χ4v) is 5.08. The number of aliphatic hydroxyl groups excluding tert-OH is 1. The molecule has 1 amide bonds. The number of ether oxygens (including phenoxy) is 1. The molecule has 1 aliphatic rings. The highest BCUT2D eigenvalue weighted by atomic mass is 32.2. The van der Waals surface area contributed by atoms with Crippen molar-refractivity contribution in [2.45, 2.75) is 43.0 Å². The van der Waals surface area contributed by atoms with Gasteiger partial charge in [0, 0.05) is 51.2 Å². The van der Waals surface area contributed by atoms with Gasteiger partial charge < -0.3 is 25.6 Å². The van der Waals surface area contributed by atoms with E-state index in [0.29, 0.717) is 35.8 Å². The van der Waals surface area contributed by atoms with Crippen LogP contribution in [-0.2, 0) is 23.9 Å². The summed E-state index contributed by atoms with van der Waals surface area (Å²) in [6, 6.07) is 14.5. The number of phenolic OH excluding ortho intramolecular Hbond substituents is 1. The maximum atomic E-state index is 13.0. The molecule has 214 valence electrons. The minimum atomic E-state index is -1.34. The van der Waals surface area contributed by atoms with Crippen LogP contribution in [0.4, 0.5) is 4.39 Å². The van der Waals surface area contributed by atoms with Crippen molar-refractivity contribution in [3.63, 3.8) is 0 Å². The maximum Gasteiger partial charge on any atom is 0.253 e. The van der Waals surface area contributed by atoms with E-state index >= 15 is 0 Å². The number of halogens is 1. The molecule has 0 radical (unpaired) electrons. The molecule has 1 saturated heterocycles. The highest BCUT2D eigenvalue weighted by molar-refractivity contribution is 7.84. The van der Waals surface area contributed by atoms with Gasteiger partial charge in [-0.3, -0.25) is 18.9 Å². The fourth-order valence-electron chi connectivity index (χ4n) is 4.43. The Hall–Kier alpha value is -3.38. The summed E-state index contributed by atoms with van der Waals surface area (Å²) in [5.41, 5.74) is 2.18. The number of pyridine rings is 1. The Morgan fingerprint density at radius 2 is 1.93 bits per heavy atom. The molecular weight excluding hydrogens is 535 g/mol. The van der Waals surface area contributed by atoms with Crippen LogP contribution in [0.2, 0.25) is 0 Å². The van der Waals surface area contributed by atoms with Gasteiger partial charge in [-0.05, 0) is 60.9 Å². The molecule has 1 aromatic heterocycles. The monoisotopic (exact) mass is 570 g/mol. The van der Waals surface area contributed by atoms with Gasteiger partial charge in [-0.2, -0.15) is 0 Å². The minimum absolute atomic E-state index is 0.0445. The predicted octanol–water partition coefficient (Wildman–Crippen LogP) is 2.59. The summed E-state index contributed by atoms with van der Waals surface area (Å²) in [4.78, 5) is 19.5. The molecule has 2 aromatic carbocycles. The van der Waals surface area contributed by atoms with Crippen LogP contribution in [0.5, 0.6) is 11.5 Å². The number of nitrogens with one attached hydrogen (secondary N) is 2. The zero-order chi connectivity index (χ0) is 28.5. The average molecular weight is 571 g/mol. The van der Waals surface area contributed by atoms with Crippen LogP contribution in [0.15, 0.2) is 65.7 Å². The van der Waals surface area contributed by atoms with Gasteiger partial charge in [-0.1, -0.05) is 12.1 Å². The number of carbonyl (C=O) groups is 1. The van der Waals surface area contributed by atoms with E-state index in [1.54, 1.807) is 30.5 Å². The smallest absolute Gasteiger partial charge is 0.253 e. The predicted molar refractivity (Wildman–Crippen MR) is 150 cm³/mol. The molecule has 0 aliphatic carbocycles. The third-order valence-electron chi connectivity index (χ3n) is 6.75. The van der Waals surface area contributed by atoms with Crippen molar-refractivity contribution >= 4 is 16.7 Å². The standard InChI is InChI=1S/C29H35FN4O5S/c1-40(38)28-14-26(8-9-27(28)36)39-19-25(35)17-32-23-10-12-34(13-11-23)18-24-7-4-21(16-31-24)29(37)33-15-20-2-5-22(30)6-3-20/h2-9,14,16,23,25,32,35-36H,10-13,15,17-19H2,1H3,(H,33,37). The van der Waals surface area contributed by atoms with E-state index in [0.717, 1.165) is 37.2 Å². The summed E-state index contributed by atoms with van der Waals surface area (Å²) in [6.07, 6.45) is 4.21. The summed E-state index contributed by atoms with van der Waals surface area (Å²) in [7, 11) is -1.34. The number of aliphatic hydroxyl groups is 1. The molecule has 40 heavy (non-hydrogen) atoms. The number of benzene rings is 2. The number of carbonyl (C=O) groups excluding carboxylic acids is 1. The first-order valence-electron chi connectivity index (χ1n) is 13.2. The molecule has 2 atom stereocenters. The van der Waals surface area contributed by atoms with Crippen LogP contribution in [0.25, 0.3) is 0 Å². The quantitative estimate of drug-likeness (QED) is 0.262. The molecule has 11 heteroatoms. The third-order valence-corrected chi connectivity index (χ3v) is 7.70. The van der Waals surface area contributed by atoms with Crippen molar-refractivity contribution in [3.8, 4) is 11.5 Å². The molecule has 0 saturated carbocycles. The Bertz CT molecular complexity index is 1280. The van der Waals surface area contributed by atoms with Crippen molar-refractivity contribution in [2.75, 3.05) is 32.5 Å². The number of aromatic hydroxyl groups is 1. The second-order valence-electron chi connectivity index (χ2n) is 9.85. The van der Waals surface area contributed by atoms with Gasteiger partial charge in [0.05, 0.1) is 27.0 Å². The van der Waals surface area contributed by atoms with E-state index in [4.69, 9.17) is 4.74 Å². The Balaban J connectivity index is 1.13. The number of aromatic nitrogens is 1. The third kappa shape index (κ3) is 8.82. The lowest BCUT2D eigenvalue weighted by Crippen LogP contribution is -2.45. The topological polar surface area (TPSA) is 124 Å². The Morgan fingerprint density at radius 3 is 2.60 bits per heavy atom. The molecular formula is C29H35FN4O5S. The summed E-state index contributed by atoms with van der Waals surface area (Å²) < 4.78 is 30.3. The van der Waals surface area contributed by atoms with Crippen molar-refractivity contribution in [1.29, 1.82) is 0 Å². The van der Waals surface area contributed by atoms with Gasteiger partial charge in [0.1, 0.15) is 30.0 Å². The number of hydrogen-bond donors (Lipinski definition) is 4. The number of nitrogens with zero attached hydrogens (tertiary/aromatic N) is 2. The van der Waals surface area contributed by atoms with Crippen LogP contribution in [-0.4, -0.2) is 74.9 Å². The Labute approximate surface area is 235 Å². The van der Waals surface area contributed by atoms with Crippen LogP contribution in [0, 0.1) is 5.82 Å². The molecule has 9 nitrogen and oxygen atoms in total. The Morgan fingerprint density at radius 1 is 1.18 bits per heavy atom. The fraction of sp³-hybridized carbons (Fsp3) is 0.379. The largest absolute Gasteiger partial charge is 0.507 e. The second kappa shape index (κ2) is 14.3. The van der Waals surface area contributed by atoms with Gasteiger partial charge in [0.25, 0.3) is 5.91 Å². The summed E-state index contributed by atoms with van der Waals surface area (Å²) >= 11 is 0. The molecule has 1 aliphatic heterocycles. The lowest BCUT2D eigenvalue weighted by atomic mass is 10.0. The van der Waals surface area contributed by atoms with E-state index in [2.05, 4.69) is 20.5 Å². The normalized spacial score (nSPS) is 15.9. The molecule has 2 heterocycles. The number of likely N-dealkylation sites (tertiary alicyclic amines) is 1. The highest BCUT2D eigenvalue weighted by Crippen LogP contribution is 2.25. The summed E-state index contributed by atoms with van der Waals surface area (Å²) in [5, 5.41) is 26.3. The zero-order valence-electron chi connectivity index (χ0n) is 22.4. The second-order valence-corrected chi connectivity index (χ2v) is 11.2. The number of piperidine rings is 1. The van der Waals surface area contributed by atoms with Crippen LogP contribution in [0.1, 0.15) is 34.5 Å². The summed E-state index contributed by atoms with van der Waals surface area (Å²) in [6.45, 7) is 3.25. The van der Waals surface area contributed by atoms with Gasteiger partial charge in [0.15, 0.2) is 0 Å². The minimum Gasteiger partial charge on any atom is -0.507 e. The first-order valence-corrected chi connectivity index (χ1v) is 14.7. The van der Waals surface area contributed by atoms with Crippen LogP contribution in [0.3, 0.4) is 0 Å². The van der Waals surface area contributed by atoms with Crippen LogP contribution >= 0.6 is 0 Å². The number of phenols is 1. The van der Waals surface area contributed by atoms with E-state index in [1.165, 1.54) is 30.5 Å². The molecule has 1 fully saturated rings. The highest BCUT2D eigenvalue weighted by Gasteiger charge is 2.20. The van der Waals surface area contributed by atoms with Crippen molar-refractivity contribution in [3.05, 3.63) is 83.4 Å². The van der Waals surface area contributed by atoms with Gasteiger partial charge in [-0.25, -0.2) is 4.39 Å². The lowest BCUT2D eigenvalue weighted by Gasteiger charge is -2.32. The first kappa shape index (κ1) is 29.6. The molecule has 0 bridgehead atoms. The van der Waals surface area contributed by atoms with Crippen molar-refractivity contribution < 1.29 is 28.3 Å². The van der Waals surface area contributed by atoms with Gasteiger partial charge in [-0.15, -0.1) is 0 Å². The van der Waals surface area contributed by atoms with Crippen molar-refractivity contribution in [2.24, 2.45) is 0 Å². The van der Waals surface area contributed by atoms with Crippen LogP contribution < -0.4 is 15.4 Å². The van der Waals surface area contributed by atoms with E-state index in [1.807, 2.05) is 6.07 Å². The summed E-state index contributed by atoms with van der Waals surface area (Å²) in [5.74, 6) is -0.137. The van der Waals surface area contributed by atoms with E-state index < -0.39 is 16.9 Å². The number of rotatable bonds is 12. The molecule has 4 N–H and O–H groups in total. The van der Waals surface area contributed by atoms with E-state index in [9.17, 15) is 23.6 Å². The maximum absolute atomic E-state index is 13.0. The van der Waals surface area contributed by atoms with Gasteiger partial charge in [0.2, 0.25) is 0 Å². The number of hydrogen-bond acceptors (Lipinski definition) is 8.